The number of hydrogen-bond donors (Lipinski definition) is 1. The molecule has 1 N–H and O–H groups in total. The second-order valence-electron chi connectivity index (χ2n) is 4.70. The van der Waals surface area contributed by atoms with Crippen LogP contribution in [0.4, 0.5) is 5.13 Å². The van der Waals surface area contributed by atoms with Gasteiger partial charge < -0.3 is 10.0 Å². The molecule has 88 valence electrons. The van der Waals surface area contributed by atoms with Gasteiger partial charge in [0.15, 0.2) is 0 Å². The minimum absolute atomic E-state index is 0.203. The minimum Gasteiger partial charge on any atom is -0.395 e. The summed E-state index contributed by atoms with van der Waals surface area (Å²) in [7, 11) is 0. The third-order valence-corrected chi connectivity index (χ3v) is 4.58. The Labute approximate surface area is 99.3 Å². The van der Waals surface area contributed by atoms with Gasteiger partial charge in [-0.25, -0.2) is 0 Å². The maximum absolute atomic E-state index is 9.11. The van der Waals surface area contributed by atoms with Crippen LogP contribution in [0.2, 0.25) is 0 Å². The fourth-order valence-electron chi connectivity index (χ4n) is 2.08. The van der Waals surface area contributed by atoms with E-state index >= 15 is 0 Å². The summed E-state index contributed by atoms with van der Waals surface area (Å²) in [6, 6.07) is 0.590. The third-order valence-electron chi connectivity index (χ3n) is 3.46. The first kappa shape index (κ1) is 10.5. The molecule has 0 unspecified atom stereocenters. The van der Waals surface area contributed by atoms with E-state index in [0.29, 0.717) is 18.5 Å². The Morgan fingerprint density at radius 2 is 2.06 bits per heavy atom. The average molecular weight is 239 g/mol. The van der Waals surface area contributed by atoms with Crippen molar-refractivity contribution in [2.75, 3.05) is 18.1 Å². The lowest BCUT2D eigenvalue weighted by Gasteiger charge is -2.36. The topological polar surface area (TPSA) is 49.2 Å². The molecule has 0 spiro atoms. The predicted molar refractivity (Wildman–Crippen MR) is 64.0 cm³/mol. The van der Waals surface area contributed by atoms with Gasteiger partial charge in [0, 0.05) is 18.5 Å². The Bertz CT molecular complexity index is 360. The number of hydrogen-bond acceptors (Lipinski definition) is 5. The standard InChI is InChI=1S/C11H17N3OS/c15-7-6-14(9-2-1-3-9)11-13-12-10(16-11)8-4-5-8/h8-9,15H,1-7H2. The first-order valence-corrected chi connectivity index (χ1v) is 6.91. The smallest absolute Gasteiger partial charge is 0.208 e. The van der Waals surface area contributed by atoms with Crippen LogP contribution in [0.1, 0.15) is 43.0 Å². The van der Waals surface area contributed by atoms with Gasteiger partial charge in [0.25, 0.3) is 0 Å². The molecule has 1 heterocycles. The molecular formula is C11H17N3OS. The van der Waals surface area contributed by atoms with Crippen LogP contribution in [0, 0.1) is 0 Å². The Balaban J connectivity index is 1.74. The Kier molecular flexibility index (Phi) is 2.81. The van der Waals surface area contributed by atoms with Gasteiger partial charge in [-0.2, -0.15) is 0 Å². The van der Waals surface area contributed by atoms with Crippen LogP contribution in [0.3, 0.4) is 0 Å². The molecule has 2 aliphatic rings. The quantitative estimate of drug-likeness (QED) is 0.850. The highest BCUT2D eigenvalue weighted by Crippen LogP contribution is 2.43. The summed E-state index contributed by atoms with van der Waals surface area (Å²) >= 11 is 1.72. The Morgan fingerprint density at radius 1 is 1.25 bits per heavy atom. The summed E-state index contributed by atoms with van der Waals surface area (Å²) in [5, 5.41) is 19.9. The van der Waals surface area contributed by atoms with Crippen molar-refractivity contribution < 1.29 is 5.11 Å². The molecule has 0 aromatic carbocycles. The maximum Gasteiger partial charge on any atom is 0.208 e. The number of nitrogens with zero attached hydrogens (tertiary/aromatic N) is 3. The van der Waals surface area contributed by atoms with Crippen molar-refractivity contribution in [2.45, 2.75) is 44.1 Å². The van der Waals surface area contributed by atoms with E-state index < -0.39 is 0 Å². The summed E-state index contributed by atoms with van der Waals surface area (Å²) in [6.45, 7) is 0.902. The molecule has 0 saturated heterocycles. The number of anilines is 1. The van der Waals surface area contributed by atoms with Crippen molar-refractivity contribution in [3.8, 4) is 0 Å². The van der Waals surface area contributed by atoms with Crippen molar-refractivity contribution in [1.82, 2.24) is 10.2 Å². The molecule has 1 aromatic rings. The number of aliphatic hydroxyl groups excluding tert-OH is 1. The zero-order valence-corrected chi connectivity index (χ0v) is 10.1. The first-order valence-electron chi connectivity index (χ1n) is 6.09. The van der Waals surface area contributed by atoms with E-state index in [0.717, 1.165) is 5.13 Å². The Hall–Kier alpha value is -0.680. The highest BCUT2D eigenvalue weighted by Gasteiger charge is 2.31. The van der Waals surface area contributed by atoms with Gasteiger partial charge in [0.2, 0.25) is 5.13 Å². The predicted octanol–water partition coefficient (Wildman–Crippen LogP) is 1.77. The van der Waals surface area contributed by atoms with Gasteiger partial charge in [-0.1, -0.05) is 11.3 Å². The summed E-state index contributed by atoms with van der Waals surface area (Å²) in [4.78, 5) is 2.24. The summed E-state index contributed by atoms with van der Waals surface area (Å²) < 4.78 is 0. The molecule has 0 bridgehead atoms. The van der Waals surface area contributed by atoms with E-state index in [9.17, 15) is 0 Å². The molecule has 2 fully saturated rings. The maximum atomic E-state index is 9.11. The van der Waals surface area contributed by atoms with Crippen molar-refractivity contribution in [3.05, 3.63) is 5.01 Å². The average Bonchev–Trinajstić information content (AvgIpc) is 2.94. The van der Waals surface area contributed by atoms with Crippen molar-refractivity contribution >= 4 is 16.5 Å². The molecule has 0 aliphatic heterocycles. The lowest BCUT2D eigenvalue weighted by Crippen LogP contribution is -2.41. The van der Waals surface area contributed by atoms with Crippen LogP contribution >= 0.6 is 11.3 Å². The highest BCUT2D eigenvalue weighted by molar-refractivity contribution is 7.15. The van der Waals surface area contributed by atoms with E-state index in [1.807, 2.05) is 0 Å². The lowest BCUT2D eigenvalue weighted by atomic mass is 9.92. The van der Waals surface area contributed by atoms with Gasteiger partial charge in [-0.05, 0) is 32.1 Å². The van der Waals surface area contributed by atoms with E-state index in [1.54, 1.807) is 11.3 Å². The number of aliphatic hydroxyl groups is 1. The molecule has 5 heteroatoms. The molecule has 3 rings (SSSR count). The molecule has 0 amide bonds. The SMILES string of the molecule is OCCN(c1nnc(C2CC2)s1)C1CCC1. The minimum atomic E-state index is 0.203. The lowest BCUT2D eigenvalue weighted by molar-refractivity contribution is 0.283. The molecule has 0 atom stereocenters. The van der Waals surface area contributed by atoms with Gasteiger partial charge in [0.05, 0.1) is 6.61 Å². The van der Waals surface area contributed by atoms with Crippen molar-refractivity contribution in [3.63, 3.8) is 0 Å². The van der Waals surface area contributed by atoms with E-state index in [2.05, 4.69) is 15.1 Å². The van der Waals surface area contributed by atoms with Crippen LogP contribution in [-0.4, -0.2) is 34.5 Å². The van der Waals surface area contributed by atoms with Gasteiger partial charge in [-0.15, -0.1) is 10.2 Å². The summed E-state index contributed by atoms with van der Waals surface area (Å²) in [5.41, 5.74) is 0. The molecule has 2 aliphatic carbocycles. The molecule has 4 nitrogen and oxygen atoms in total. The molecule has 16 heavy (non-hydrogen) atoms. The van der Waals surface area contributed by atoms with Crippen LogP contribution in [0.15, 0.2) is 0 Å². The van der Waals surface area contributed by atoms with Crippen molar-refractivity contribution in [1.29, 1.82) is 0 Å². The van der Waals surface area contributed by atoms with Crippen LogP contribution in [0.25, 0.3) is 0 Å². The molecule has 2 saturated carbocycles. The van der Waals surface area contributed by atoms with E-state index in [-0.39, 0.29) is 6.61 Å². The summed E-state index contributed by atoms with van der Waals surface area (Å²) in [6.07, 6.45) is 6.33. The summed E-state index contributed by atoms with van der Waals surface area (Å²) in [5.74, 6) is 0.684. The largest absolute Gasteiger partial charge is 0.395 e. The van der Waals surface area contributed by atoms with Gasteiger partial charge in [-0.3, -0.25) is 0 Å². The van der Waals surface area contributed by atoms with Crippen LogP contribution in [0.5, 0.6) is 0 Å². The number of aromatic nitrogens is 2. The molecule has 0 radical (unpaired) electrons. The zero-order valence-electron chi connectivity index (χ0n) is 9.30. The normalized spacial score (nSPS) is 20.8. The zero-order chi connectivity index (χ0) is 11.0. The van der Waals surface area contributed by atoms with Gasteiger partial charge >= 0.3 is 0 Å². The molecule has 1 aromatic heterocycles. The fraction of sp³-hybridized carbons (Fsp3) is 0.818. The van der Waals surface area contributed by atoms with Crippen molar-refractivity contribution in [2.24, 2.45) is 0 Å². The monoisotopic (exact) mass is 239 g/mol. The van der Waals surface area contributed by atoms with E-state index in [4.69, 9.17) is 5.11 Å². The highest BCUT2D eigenvalue weighted by atomic mass is 32.1. The Morgan fingerprint density at radius 3 is 2.62 bits per heavy atom. The second kappa shape index (κ2) is 4.30. The first-order chi connectivity index (χ1) is 7.88. The number of rotatable bonds is 5. The van der Waals surface area contributed by atoms with Crippen LogP contribution < -0.4 is 4.90 Å². The fourth-order valence-corrected chi connectivity index (χ4v) is 3.19. The second-order valence-corrected chi connectivity index (χ2v) is 5.69. The third kappa shape index (κ3) is 1.94. The van der Waals surface area contributed by atoms with Crippen LogP contribution in [-0.2, 0) is 0 Å². The van der Waals surface area contributed by atoms with E-state index in [1.165, 1.54) is 37.1 Å². The van der Waals surface area contributed by atoms with Gasteiger partial charge in [0.1, 0.15) is 5.01 Å². The molecular weight excluding hydrogens is 222 g/mol.